The monoisotopic (exact) mass is 358 g/mol. The van der Waals surface area contributed by atoms with E-state index in [4.69, 9.17) is 4.74 Å². The van der Waals surface area contributed by atoms with Gasteiger partial charge in [-0.3, -0.25) is 14.9 Å². The summed E-state index contributed by atoms with van der Waals surface area (Å²) in [7, 11) is 0. The molecule has 1 fully saturated rings. The van der Waals surface area contributed by atoms with Gasteiger partial charge in [0.2, 0.25) is 0 Å². The molecule has 26 heavy (non-hydrogen) atoms. The molecule has 6 nitrogen and oxygen atoms in total. The summed E-state index contributed by atoms with van der Waals surface area (Å²) < 4.78 is 18.9. The number of para-hydroxylation sites is 1. The molecule has 1 heterocycles. The van der Waals surface area contributed by atoms with Gasteiger partial charge in [0.15, 0.2) is 0 Å². The van der Waals surface area contributed by atoms with E-state index >= 15 is 0 Å². The Morgan fingerprint density at radius 2 is 2.04 bits per heavy atom. The maximum absolute atomic E-state index is 13.2. The van der Waals surface area contributed by atoms with E-state index in [9.17, 15) is 19.3 Å². The topological polar surface area (TPSA) is 81.5 Å². The van der Waals surface area contributed by atoms with Crippen LogP contribution in [0.5, 0.6) is 0 Å². The van der Waals surface area contributed by atoms with E-state index in [1.807, 2.05) is 0 Å². The average Bonchev–Trinajstić information content (AvgIpc) is 3.14. The van der Waals surface area contributed by atoms with Crippen molar-refractivity contribution in [3.63, 3.8) is 0 Å². The van der Waals surface area contributed by atoms with E-state index in [0.29, 0.717) is 17.7 Å². The standard InChI is InChI=1S/C19H19FN2O4/c1-12-4-2-5-15(18(12)22(24)25)19(23)21-17(16-6-3-11-26-16)13-7-9-14(20)10-8-13/h2,4-5,7-10,16-17H,3,6,11H2,1H3,(H,21,23)/t16-,17-/m1/s1. The summed E-state index contributed by atoms with van der Waals surface area (Å²) in [6, 6.07) is 9.93. The van der Waals surface area contributed by atoms with E-state index in [-0.39, 0.29) is 23.2 Å². The summed E-state index contributed by atoms with van der Waals surface area (Å²) in [5.41, 5.74) is 0.898. The molecule has 3 rings (SSSR count). The van der Waals surface area contributed by atoms with Crippen LogP contribution in [-0.2, 0) is 4.74 Å². The molecule has 2 aromatic carbocycles. The highest BCUT2D eigenvalue weighted by Crippen LogP contribution is 2.29. The molecule has 0 unspecified atom stereocenters. The molecule has 7 heteroatoms. The molecule has 0 aromatic heterocycles. The van der Waals surface area contributed by atoms with Crippen molar-refractivity contribution >= 4 is 11.6 Å². The second kappa shape index (κ2) is 7.61. The molecule has 1 aliphatic rings. The number of benzene rings is 2. The van der Waals surface area contributed by atoms with Gasteiger partial charge in [-0.1, -0.05) is 24.3 Å². The zero-order valence-electron chi connectivity index (χ0n) is 14.3. The van der Waals surface area contributed by atoms with Crippen LogP contribution in [0.15, 0.2) is 42.5 Å². The molecule has 0 radical (unpaired) electrons. The predicted molar refractivity (Wildman–Crippen MR) is 93.4 cm³/mol. The number of nitrogens with one attached hydrogen (secondary N) is 1. The molecule has 136 valence electrons. The molecule has 2 atom stereocenters. The number of nitro benzene ring substituents is 1. The number of halogens is 1. The normalized spacial score (nSPS) is 17.7. The molecule has 0 spiro atoms. The maximum atomic E-state index is 13.2. The summed E-state index contributed by atoms with van der Waals surface area (Å²) in [5, 5.41) is 14.2. The summed E-state index contributed by atoms with van der Waals surface area (Å²) in [5.74, 6) is -0.925. The fraction of sp³-hybridized carbons (Fsp3) is 0.316. The van der Waals surface area contributed by atoms with Crippen molar-refractivity contribution in [1.82, 2.24) is 5.32 Å². The molecule has 2 aromatic rings. The van der Waals surface area contributed by atoms with Crippen LogP contribution < -0.4 is 5.32 Å². The molecule has 0 bridgehead atoms. The predicted octanol–water partition coefficient (Wildman–Crippen LogP) is 3.69. The third-order valence-electron chi connectivity index (χ3n) is 4.52. The molecule has 0 saturated carbocycles. The molecule has 1 N–H and O–H groups in total. The second-order valence-electron chi connectivity index (χ2n) is 6.28. The number of nitrogens with zero attached hydrogens (tertiary/aromatic N) is 1. The number of carbonyl (C=O) groups is 1. The summed E-state index contributed by atoms with van der Waals surface area (Å²) in [6.45, 7) is 2.18. The first-order chi connectivity index (χ1) is 12.5. The van der Waals surface area contributed by atoms with E-state index in [2.05, 4.69) is 5.32 Å². The minimum atomic E-state index is -0.552. The summed E-state index contributed by atoms with van der Waals surface area (Å²) in [4.78, 5) is 23.6. The minimum Gasteiger partial charge on any atom is -0.376 e. The summed E-state index contributed by atoms with van der Waals surface area (Å²) >= 11 is 0. The molecule has 1 saturated heterocycles. The fourth-order valence-corrected chi connectivity index (χ4v) is 3.23. The number of hydrogen-bond donors (Lipinski definition) is 1. The van der Waals surface area contributed by atoms with Crippen LogP contribution in [0.2, 0.25) is 0 Å². The highest BCUT2D eigenvalue weighted by atomic mass is 19.1. The Labute approximate surface area is 150 Å². The first kappa shape index (κ1) is 18.0. The largest absolute Gasteiger partial charge is 0.376 e. The number of hydrogen-bond acceptors (Lipinski definition) is 4. The SMILES string of the molecule is Cc1cccc(C(=O)N[C@H](c2ccc(F)cc2)[C@H]2CCCO2)c1[N+](=O)[O-]. The van der Waals surface area contributed by atoms with Crippen molar-refractivity contribution in [3.05, 3.63) is 75.1 Å². The highest BCUT2D eigenvalue weighted by molar-refractivity contribution is 5.98. The lowest BCUT2D eigenvalue weighted by Gasteiger charge is -2.25. The number of aryl methyl sites for hydroxylation is 1. The van der Waals surface area contributed by atoms with Gasteiger partial charge >= 0.3 is 0 Å². The fourth-order valence-electron chi connectivity index (χ4n) is 3.23. The highest BCUT2D eigenvalue weighted by Gasteiger charge is 2.31. The number of carbonyl (C=O) groups excluding carboxylic acids is 1. The lowest BCUT2D eigenvalue weighted by Crippen LogP contribution is -2.36. The van der Waals surface area contributed by atoms with Gasteiger partial charge in [0.25, 0.3) is 11.6 Å². The van der Waals surface area contributed by atoms with Gasteiger partial charge < -0.3 is 10.1 Å². The summed E-state index contributed by atoms with van der Waals surface area (Å²) in [6.07, 6.45) is 1.36. The van der Waals surface area contributed by atoms with Gasteiger partial charge in [-0.15, -0.1) is 0 Å². The van der Waals surface area contributed by atoms with Gasteiger partial charge in [-0.25, -0.2) is 4.39 Å². The van der Waals surface area contributed by atoms with Crippen LogP contribution in [0.1, 0.15) is 40.4 Å². The van der Waals surface area contributed by atoms with Gasteiger partial charge in [-0.2, -0.15) is 0 Å². The average molecular weight is 358 g/mol. The van der Waals surface area contributed by atoms with Gasteiger partial charge in [0.05, 0.1) is 17.1 Å². The lowest BCUT2D eigenvalue weighted by atomic mass is 9.98. The Balaban J connectivity index is 1.92. The van der Waals surface area contributed by atoms with Crippen LogP contribution in [0.25, 0.3) is 0 Å². The van der Waals surface area contributed by atoms with Gasteiger partial charge in [0.1, 0.15) is 11.4 Å². The van der Waals surface area contributed by atoms with E-state index in [1.54, 1.807) is 31.2 Å². The number of rotatable bonds is 5. The molecule has 0 aliphatic carbocycles. The first-order valence-corrected chi connectivity index (χ1v) is 8.39. The zero-order valence-corrected chi connectivity index (χ0v) is 14.3. The van der Waals surface area contributed by atoms with Crippen molar-refractivity contribution < 1.29 is 18.8 Å². The first-order valence-electron chi connectivity index (χ1n) is 8.39. The molecule has 1 aliphatic heterocycles. The van der Waals surface area contributed by atoms with Crippen LogP contribution in [0.4, 0.5) is 10.1 Å². The Hall–Kier alpha value is -2.80. The van der Waals surface area contributed by atoms with Crippen molar-refractivity contribution in [2.45, 2.75) is 31.9 Å². The van der Waals surface area contributed by atoms with Crippen LogP contribution in [0.3, 0.4) is 0 Å². The Morgan fingerprint density at radius 3 is 2.65 bits per heavy atom. The van der Waals surface area contributed by atoms with Crippen molar-refractivity contribution in [1.29, 1.82) is 0 Å². The van der Waals surface area contributed by atoms with Crippen LogP contribution >= 0.6 is 0 Å². The third-order valence-corrected chi connectivity index (χ3v) is 4.52. The number of nitro groups is 1. The quantitative estimate of drug-likeness (QED) is 0.653. The number of ether oxygens (including phenoxy) is 1. The maximum Gasteiger partial charge on any atom is 0.285 e. The zero-order chi connectivity index (χ0) is 18.7. The smallest absolute Gasteiger partial charge is 0.285 e. The Bertz CT molecular complexity index is 817. The Kier molecular flexibility index (Phi) is 5.27. The molecule has 1 amide bonds. The van der Waals surface area contributed by atoms with E-state index in [0.717, 1.165) is 12.8 Å². The lowest BCUT2D eigenvalue weighted by molar-refractivity contribution is -0.385. The van der Waals surface area contributed by atoms with Crippen LogP contribution in [-0.4, -0.2) is 23.5 Å². The molecular weight excluding hydrogens is 339 g/mol. The second-order valence-corrected chi connectivity index (χ2v) is 6.28. The van der Waals surface area contributed by atoms with E-state index in [1.165, 1.54) is 18.2 Å². The van der Waals surface area contributed by atoms with E-state index < -0.39 is 16.9 Å². The van der Waals surface area contributed by atoms with Crippen molar-refractivity contribution in [3.8, 4) is 0 Å². The third kappa shape index (κ3) is 3.72. The van der Waals surface area contributed by atoms with Crippen LogP contribution in [0, 0.1) is 22.9 Å². The van der Waals surface area contributed by atoms with Gasteiger partial charge in [0, 0.05) is 12.2 Å². The van der Waals surface area contributed by atoms with Crippen molar-refractivity contribution in [2.75, 3.05) is 6.61 Å². The number of amides is 1. The van der Waals surface area contributed by atoms with Gasteiger partial charge in [-0.05, 0) is 43.5 Å². The minimum absolute atomic E-state index is 0.000101. The van der Waals surface area contributed by atoms with Crippen molar-refractivity contribution in [2.24, 2.45) is 0 Å². The Morgan fingerprint density at radius 1 is 1.31 bits per heavy atom. The molecular formula is C19H19FN2O4.